The molecule has 106 valence electrons. The lowest BCUT2D eigenvalue weighted by Crippen LogP contribution is -1.98. The highest BCUT2D eigenvalue weighted by Crippen LogP contribution is 2.31. The van der Waals surface area contributed by atoms with E-state index >= 15 is 0 Å². The quantitative estimate of drug-likeness (QED) is 0.632. The summed E-state index contributed by atoms with van der Waals surface area (Å²) in [6.07, 6.45) is 1.31. The highest BCUT2D eigenvalue weighted by atomic mass is 35.5. The molecular weight excluding hydrogens is 278 g/mol. The maximum Gasteiger partial charge on any atom is 0.329 e. The zero-order valence-corrected chi connectivity index (χ0v) is 12.4. The fraction of sp³-hybridized carbons (Fsp3) is 0.357. The molecule has 0 amide bonds. The number of hydrogen-bond donors (Lipinski definition) is 0. The van der Waals surface area contributed by atoms with Gasteiger partial charge in [-0.25, -0.2) is 4.68 Å². The molecule has 0 atom stereocenters. The lowest BCUT2D eigenvalue weighted by Gasteiger charge is -2.05. The Hall–Kier alpha value is -1.88. The molecule has 5 nitrogen and oxygen atoms in total. The van der Waals surface area contributed by atoms with E-state index in [1.54, 1.807) is 0 Å². The number of rotatable bonds is 4. The monoisotopic (exact) mass is 293 g/mol. The van der Waals surface area contributed by atoms with Crippen LogP contribution in [-0.2, 0) is 6.42 Å². The molecule has 1 heterocycles. The highest BCUT2D eigenvalue weighted by molar-refractivity contribution is 6.32. The number of benzene rings is 1. The van der Waals surface area contributed by atoms with Gasteiger partial charge in [0.05, 0.1) is 10.6 Å². The van der Waals surface area contributed by atoms with Gasteiger partial charge in [-0.3, -0.25) is 10.1 Å². The smallest absolute Gasteiger partial charge is 0.258 e. The zero-order valence-electron chi connectivity index (χ0n) is 11.7. The van der Waals surface area contributed by atoms with Gasteiger partial charge in [-0.2, -0.15) is 5.10 Å². The third kappa shape index (κ3) is 2.67. The van der Waals surface area contributed by atoms with Crippen LogP contribution < -0.4 is 0 Å². The number of aromatic nitrogens is 2. The van der Waals surface area contributed by atoms with E-state index in [0.29, 0.717) is 12.1 Å². The van der Waals surface area contributed by atoms with Crippen LogP contribution in [0.3, 0.4) is 0 Å². The Labute approximate surface area is 122 Å². The van der Waals surface area contributed by atoms with Gasteiger partial charge in [0.1, 0.15) is 5.69 Å². The number of aryl methyl sites for hydroxylation is 3. The lowest BCUT2D eigenvalue weighted by atomic mass is 10.1. The molecule has 0 spiro atoms. The summed E-state index contributed by atoms with van der Waals surface area (Å²) in [7, 11) is 0. The summed E-state index contributed by atoms with van der Waals surface area (Å²) < 4.78 is 1.45. The summed E-state index contributed by atoms with van der Waals surface area (Å²) in [5, 5.41) is 15.5. The maximum atomic E-state index is 11.2. The van der Waals surface area contributed by atoms with Gasteiger partial charge in [0.15, 0.2) is 0 Å². The fourth-order valence-electron chi connectivity index (χ4n) is 2.26. The van der Waals surface area contributed by atoms with Crippen LogP contribution in [0.25, 0.3) is 5.69 Å². The Morgan fingerprint density at radius 3 is 2.40 bits per heavy atom. The molecule has 1 aromatic heterocycles. The third-order valence-electron chi connectivity index (χ3n) is 3.00. The number of halogens is 1. The van der Waals surface area contributed by atoms with Crippen molar-refractivity contribution in [1.29, 1.82) is 0 Å². The second-order valence-corrected chi connectivity index (χ2v) is 5.21. The Balaban J connectivity index is 2.62. The minimum atomic E-state index is -0.459. The summed E-state index contributed by atoms with van der Waals surface area (Å²) in [4.78, 5) is 10.7. The average Bonchev–Trinajstić information content (AvgIpc) is 2.65. The Kier molecular flexibility index (Phi) is 4.09. The molecule has 2 rings (SSSR count). The topological polar surface area (TPSA) is 61.0 Å². The molecule has 0 saturated carbocycles. The minimum Gasteiger partial charge on any atom is -0.258 e. The molecule has 20 heavy (non-hydrogen) atoms. The van der Waals surface area contributed by atoms with E-state index in [9.17, 15) is 10.1 Å². The molecule has 6 heteroatoms. The van der Waals surface area contributed by atoms with Crippen molar-refractivity contribution in [2.45, 2.75) is 33.6 Å². The van der Waals surface area contributed by atoms with Crippen LogP contribution in [0.4, 0.5) is 5.69 Å². The molecule has 0 N–H and O–H groups in total. The average molecular weight is 294 g/mol. The maximum absolute atomic E-state index is 11.2. The largest absolute Gasteiger partial charge is 0.329 e. The first kappa shape index (κ1) is 14.5. The fourth-order valence-corrected chi connectivity index (χ4v) is 2.57. The number of nitro groups is 1. The van der Waals surface area contributed by atoms with Crippen molar-refractivity contribution in [1.82, 2.24) is 9.78 Å². The first-order chi connectivity index (χ1) is 9.43. The van der Waals surface area contributed by atoms with Crippen LogP contribution in [0, 0.1) is 24.0 Å². The van der Waals surface area contributed by atoms with Gasteiger partial charge in [0.2, 0.25) is 5.15 Å². The van der Waals surface area contributed by atoms with Crippen molar-refractivity contribution in [2.24, 2.45) is 0 Å². The third-order valence-corrected chi connectivity index (χ3v) is 3.33. The van der Waals surface area contributed by atoms with Crippen LogP contribution in [0.5, 0.6) is 0 Å². The van der Waals surface area contributed by atoms with Crippen molar-refractivity contribution < 1.29 is 4.92 Å². The Morgan fingerprint density at radius 2 is 1.90 bits per heavy atom. The predicted molar refractivity (Wildman–Crippen MR) is 78.7 cm³/mol. The second-order valence-electron chi connectivity index (χ2n) is 4.85. The standard InChI is InChI=1S/C14H16ClN3O2/c1-4-5-12-13(18(19)20)14(15)17(16-12)11-7-9(2)6-10(3)8-11/h6-8H,4-5H2,1-3H3. The molecular formula is C14H16ClN3O2. The molecule has 0 radical (unpaired) electrons. The summed E-state index contributed by atoms with van der Waals surface area (Å²) in [5.74, 6) is 0. The number of hydrogen-bond acceptors (Lipinski definition) is 3. The Morgan fingerprint density at radius 1 is 1.30 bits per heavy atom. The van der Waals surface area contributed by atoms with Gasteiger partial charge in [0.25, 0.3) is 0 Å². The van der Waals surface area contributed by atoms with Gasteiger partial charge < -0.3 is 0 Å². The molecule has 0 fully saturated rings. The lowest BCUT2D eigenvalue weighted by molar-refractivity contribution is -0.385. The summed E-state index contributed by atoms with van der Waals surface area (Å²) in [6.45, 7) is 5.89. The summed E-state index contributed by atoms with van der Waals surface area (Å²) in [5.41, 5.74) is 3.21. The Bertz CT molecular complexity index is 644. The second kappa shape index (κ2) is 5.63. The van der Waals surface area contributed by atoms with Crippen LogP contribution >= 0.6 is 11.6 Å². The summed E-state index contributed by atoms with van der Waals surface area (Å²) in [6, 6.07) is 5.85. The number of nitrogens with zero attached hydrogens (tertiary/aromatic N) is 3. The van der Waals surface area contributed by atoms with Crippen LogP contribution in [-0.4, -0.2) is 14.7 Å². The van der Waals surface area contributed by atoms with E-state index in [1.165, 1.54) is 4.68 Å². The molecule has 0 saturated heterocycles. The normalized spacial score (nSPS) is 10.8. The molecule has 0 bridgehead atoms. The van der Waals surface area contributed by atoms with Crippen LogP contribution in [0.2, 0.25) is 5.15 Å². The van der Waals surface area contributed by atoms with E-state index in [4.69, 9.17) is 11.6 Å². The molecule has 0 aliphatic rings. The molecule has 0 aliphatic carbocycles. The first-order valence-corrected chi connectivity index (χ1v) is 6.82. The molecule has 2 aromatic rings. The van der Waals surface area contributed by atoms with E-state index in [2.05, 4.69) is 5.10 Å². The molecule has 1 aromatic carbocycles. The molecule has 0 aliphatic heterocycles. The zero-order chi connectivity index (χ0) is 14.9. The van der Waals surface area contributed by atoms with E-state index in [0.717, 1.165) is 23.2 Å². The summed E-state index contributed by atoms with van der Waals surface area (Å²) >= 11 is 6.16. The minimum absolute atomic E-state index is 0.0588. The SMILES string of the molecule is CCCc1nn(-c2cc(C)cc(C)c2)c(Cl)c1[N+](=O)[O-]. The van der Waals surface area contributed by atoms with Gasteiger partial charge >= 0.3 is 5.69 Å². The van der Waals surface area contributed by atoms with Gasteiger partial charge in [0, 0.05) is 0 Å². The predicted octanol–water partition coefficient (Wildman–Crippen LogP) is 4.00. The van der Waals surface area contributed by atoms with Crippen LogP contribution in [0.15, 0.2) is 18.2 Å². The van der Waals surface area contributed by atoms with Gasteiger partial charge in [-0.05, 0) is 43.5 Å². The van der Waals surface area contributed by atoms with E-state index in [-0.39, 0.29) is 10.8 Å². The van der Waals surface area contributed by atoms with E-state index < -0.39 is 4.92 Å². The van der Waals surface area contributed by atoms with Crippen molar-refractivity contribution in [3.05, 3.63) is 50.3 Å². The molecule has 0 unspecified atom stereocenters. The van der Waals surface area contributed by atoms with Gasteiger partial charge in [-0.1, -0.05) is 31.0 Å². The van der Waals surface area contributed by atoms with Crippen molar-refractivity contribution in [2.75, 3.05) is 0 Å². The van der Waals surface area contributed by atoms with Crippen molar-refractivity contribution in [3.8, 4) is 5.69 Å². The first-order valence-electron chi connectivity index (χ1n) is 6.44. The highest BCUT2D eigenvalue weighted by Gasteiger charge is 2.26. The van der Waals surface area contributed by atoms with Gasteiger partial charge in [-0.15, -0.1) is 0 Å². The van der Waals surface area contributed by atoms with E-state index in [1.807, 2.05) is 39.0 Å². The van der Waals surface area contributed by atoms with Crippen molar-refractivity contribution in [3.63, 3.8) is 0 Å². The van der Waals surface area contributed by atoms with Crippen molar-refractivity contribution >= 4 is 17.3 Å². The van der Waals surface area contributed by atoms with Crippen LogP contribution in [0.1, 0.15) is 30.2 Å².